The van der Waals surface area contributed by atoms with Crippen molar-refractivity contribution in [1.29, 1.82) is 0 Å². The van der Waals surface area contributed by atoms with Gasteiger partial charge in [-0.1, -0.05) is 56.2 Å². The number of thiocarbonyl (C=S) groups is 1. The van der Waals surface area contributed by atoms with Crippen molar-refractivity contribution in [3.8, 4) is 0 Å². The van der Waals surface area contributed by atoms with Crippen LogP contribution in [-0.4, -0.2) is 37.1 Å². The molecule has 2 aromatic rings. The first-order chi connectivity index (χ1) is 14.1. The molecule has 29 heavy (non-hydrogen) atoms. The third-order valence-electron chi connectivity index (χ3n) is 5.35. The first-order valence-corrected chi connectivity index (χ1v) is 11.3. The summed E-state index contributed by atoms with van der Waals surface area (Å²) >= 11 is 6.80. The monoisotopic (exact) mass is 428 g/mol. The summed E-state index contributed by atoms with van der Waals surface area (Å²) < 4.78 is 2.09. The first kappa shape index (κ1) is 20.1. The zero-order valence-electron chi connectivity index (χ0n) is 16.4. The maximum Gasteiger partial charge on any atom is 0.267 e. The number of hydrogen-bond donors (Lipinski definition) is 1. The summed E-state index contributed by atoms with van der Waals surface area (Å²) in [5, 5.41) is 3.23. The number of fused-ring (bicyclic) bond motifs is 1. The van der Waals surface area contributed by atoms with Crippen LogP contribution in [0.25, 0.3) is 11.7 Å². The molecule has 3 heterocycles. The number of thioether (sulfide) groups is 1. The Morgan fingerprint density at radius 3 is 2.83 bits per heavy atom. The van der Waals surface area contributed by atoms with Gasteiger partial charge in [-0.15, -0.1) is 0 Å². The minimum absolute atomic E-state index is 0.0918. The molecule has 1 aliphatic heterocycles. The highest BCUT2D eigenvalue weighted by Gasteiger charge is 2.37. The number of carbonyl (C=O) groups excluding carboxylic acids is 1. The van der Waals surface area contributed by atoms with Gasteiger partial charge in [-0.25, -0.2) is 4.98 Å². The summed E-state index contributed by atoms with van der Waals surface area (Å²) in [7, 11) is 0. The molecule has 1 aliphatic carbocycles. The van der Waals surface area contributed by atoms with Crippen LogP contribution in [0, 0.1) is 0 Å². The number of nitrogens with one attached hydrogen (secondary N) is 1. The summed E-state index contributed by atoms with van der Waals surface area (Å²) in [5.74, 6) is 0.414. The van der Waals surface area contributed by atoms with Crippen molar-refractivity contribution in [2.45, 2.75) is 51.5 Å². The Hall–Kier alpha value is -2.19. The van der Waals surface area contributed by atoms with Crippen molar-refractivity contribution in [2.75, 3.05) is 11.9 Å². The van der Waals surface area contributed by atoms with E-state index in [1.54, 1.807) is 29.3 Å². The molecule has 4 rings (SSSR count). The Balaban J connectivity index is 1.75. The van der Waals surface area contributed by atoms with Crippen LogP contribution in [0.3, 0.4) is 0 Å². The summed E-state index contributed by atoms with van der Waals surface area (Å²) in [4.78, 5) is 33.1. The van der Waals surface area contributed by atoms with E-state index >= 15 is 0 Å². The SMILES string of the molecule is CCCNc1nc2ccccn2c(=O)c1/C=C1\SC(=S)N(C2CCCCC2)C1=O. The van der Waals surface area contributed by atoms with E-state index in [-0.39, 0.29) is 17.5 Å². The summed E-state index contributed by atoms with van der Waals surface area (Å²) in [6, 6.07) is 5.61. The highest BCUT2D eigenvalue weighted by Crippen LogP contribution is 2.37. The molecule has 1 N–H and O–H groups in total. The van der Waals surface area contributed by atoms with Crippen LogP contribution in [0.5, 0.6) is 0 Å². The molecular weight excluding hydrogens is 404 g/mol. The van der Waals surface area contributed by atoms with Gasteiger partial charge in [0.2, 0.25) is 0 Å². The van der Waals surface area contributed by atoms with Crippen molar-refractivity contribution in [2.24, 2.45) is 0 Å². The summed E-state index contributed by atoms with van der Waals surface area (Å²) in [6.07, 6.45) is 9.70. The van der Waals surface area contributed by atoms with Crippen molar-refractivity contribution in [3.05, 3.63) is 45.2 Å². The quantitative estimate of drug-likeness (QED) is 0.572. The van der Waals surface area contributed by atoms with E-state index in [9.17, 15) is 9.59 Å². The lowest BCUT2D eigenvalue weighted by molar-refractivity contribution is -0.124. The largest absolute Gasteiger partial charge is 0.369 e. The van der Waals surface area contributed by atoms with Crippen molar-refractivity contribution in [3.63, 3.8) is 0 Å². The Morgan fingerprint density at radius 2 is 2.07 bits per heavy atom. The lowest BCUT2D eigenvalue weighted by atomic mass is 9.94. The van der Waals surface area contributed by atoms with E-state index in [1.165, 1.54) is 22.6 Å². The number of rotatable bonds is 5. The molecule has 152 valence electrons. The lowest BCUT2D eigenvalue weighted by Crippen LogP contribution is -2.39. The molecule has 6 nitrogen and oxygen atoms in total. The van der Waals surface area contributed by atoms with Crippen LogP contribution in [0.15, 0.2) is 34.1 Å². The minimum atomic E-state index is -0.197. The molecule has 2 fully saturated rings. The molecular formula is C21H24N4O2S2. The van der Waals surface area contributed by atoms with E-state index in [2.05, 4.69) is 17.2 Å². The van der Waals surface area contributed by atoms with E-state index in [4.69, 9.17) is 12.2 Å². The number of hydrogen-bond acceptors (Lipinski definition) is 6. The van der Waals surface area contributed by atoms with Crippen LogP contribution in [-0.2, 0) is 4.79 Å². The Morgan fingerprint density at radius 1 is 1.28 bits per heavy atom. The van der Waals surface area contributed by atoms with Gasteiger partial charge in [-0.05, 0) is 37.5 Å². The van der Waals surface area contributed by atoms with Gasteiger partial charge in [0, 0.05) is 18.8 Å². The Bertz CT molecular complexity index is 1040. The Labute approximate surface area is 179 Å². The molecule has 8 heteroatoms. The second kappa shape index (κ2) is 8.67. The van der Waals surface area contributed by atoms with E-state index in [0.29, 0.717) is 32.8 Å². The van der Waals surface area contributed by atoms with Gasteiger partial charge in [0.15, 0.2) is 0 Å². The molecule has 0 bridgehead atoms. The van der Waals surface area contributed by atoms with Gasteiger partial charge < -0.3 is 5.32 Å². The number of carbonyl (C=O) groups is 1. The standard InChI is InChI=1S/C21H24N4O2S2/c1-2-11-22-18-15(19(26)24-12-7-6-10-17(24)23-18)13-16-20(27)25(21(28)29-16)14-8-4-3-5-9-14/h6-7,10,12-14,22H,2-5,8-9,11H2,1H3/b16-13-. The predicted molar refractivity (Wildman–Crippen MR) is 122 cm³/mol. The molecule has 2 aromatic heterocycles. The average molecular weight is 429 g/mol. The molecule has 0 unspecified atom stereocenters. The Kier molecular flexibility index (Phi) is 6.01. The third-order valence-corrected chi connectivity index (χ3v) is 6.68. The predicted octanol–water partition coefficient (Wildman–Crippen LogP) is 4.05. The topological polar surface area (TPSA) is 66.7 Å². The highest BCUT2D eigenvalue weighted by molar-refractivity contribution is 8.26. The first-order valence-electron chi connectivity index (χ1n) is 10.1. The second-order valence-corrected chi connectivity index (χ2v) is 9.05. The van der Waals surface area contributed by atoms with Crippen molar-refractivity contribution >= 4 is 51.7 Å². The maximum atomic E-state index is 13.1. The molecule has 0 spiro atoms. The van der Waals surface area contributed by atoms with E-state index in [1.807, 2.05) is 6.07 Å². The van der Waals surface area contributed by atoms with Crippen LogP contribution < -0.4 is 10.9 Å². The fraction of sp³-hybridized carbons (Fsp3) is 0.429. The molecule has 0 aromatic carbocycles. The molecule has 1 saturated carbocycles. The third kappa shape index (κ3) is 3.96. The van der Waals surface area contributed by atoms with Gasteiger partial charge >= 0.3 is 0 Å². The molecule has 1 saturated heterocycles. The van der Waals surface area contributed by atoms with Crippen LogP contribution in [0.4, 0.5) is 5.82 Å². The van der Waals surface area contributed by atoms with Crippen molar-refractivity contribution in [1.82, 2.24) is 14.3 Å². The van der Waals surface area contributed by atoms with Crippen LogP contribution >= 0.6 is 24.0 Å². The molecule has 0 radical (unpaired) electrons. The fourth-order valence-electron chi connectivity index (χ4n) is 3.88. The van der Waals surface area contributed by atoms with Gasteiger partial charge in [-0.2, -0.15) is 0 Å². The van der Waals surface area contributed by atoms with Crippen molar-refractivity contribution < 1.29 is 4.79 Å². The lowest BCUT2D eigenvalue weighted by Gasteiger charge is -2.29. The smallest absolute Gasteiger partial charge is 0.267 e. The van der Waals surface area contributed by atoms with Gasteiger partial charge in [0.25, 0.3) is 11.5 Å². The summed E-state index contributed by atoms with van der Waals surface area (Å²) in [5.41, 5.74) is 0.770. The zero-order valence-corrected chi connectivity index (χ0v) is 18.0. The molecule has 1 amide bonds. The number of nitrogens with zero attached hydrogens (tertiary/aromatic N) is 3. The normalized spacial score (nSPS) is 19.5. The van der Waals surface area contributed by atoms with Crippen LogP contribution in [0.1, 0.15) is 51.0 Å². The maximum absolute atomic E-state index is 13.1. The van der Waals surface area contributed by atoms with Crippen LogP contribution in [0.2, 0.25) is 0 Å². The number of amides is 1. The number of anilines is 1. The van der Waals surface area contributed by atoms with Gasteiger partial charge in [-0.3, -0.25) is 18.9 Å². The molecule has 2 aliphatic rings. The second-order valence-electron chi connectivity index (χ2n) is 7.38. The number of pyridine rings is 1. The zero-order chi connectivity index (χ0) is 20.4. The minimum Gasteiger partial charge on any atom is -0.369 e. The molecule has 0 atom stereocenters. The van der Waals surface area contributed by atoms with E-state index < -0.39 is 0 Å². The highest BCUT2D eigenvalue weighted by atomic mass is 32.2. The van der Waals surface area contributed by atoms with E-state index in [0.717, 1.165) is 32.1 Å². The van der Waals surface area contributed by atoms with Gasteiger partial charge in [0.05, 0.1) is 10.5 Å². The fourth-order valence-corrected chi connectivity index (χ4v) is 5.26. The average Bonchev–Trinajstić information content (AvgIpc) is 3.02. The summed E-state index contributed by atoms with van der Waals surface area (Å²) in [6.45, 7) is 2.75. The number of aromatic nitrogens is 2. The van der Waals surface area contributed by atoms with Gasteiger partial charge in [0.1, 0.15) is 15.8 Å².